The van der Waals surface area contributed by atoms with Gasteiger partial charge in [0, 0.05) is 37.3 Å². The first-order valence-corrected chi connectivity index (χ1v) is 15.4. The number of imidazole rings is 1. The van der Waals surface area contributed by atoms with Crippen LogP contribution in [0.25, 0.3) is 22.6 Å². The summed E-state index contributed by atoms with van der Waals surface area (Å²) in [6.07, 6.45) is 2.17. The van der Waals surface area contributed by atoms with Gasteiger partial charge in [0.2, 0.25) is 13.6 Å². The van der Waals surface area contributed by atoms with Crippen LogP contribution in [-0.2, 0) is 26.2 Å². The van der Waals surface area contributed by atoms with Gasteiger partial charge in [-0.1, -0.05) is 85.6 Å². The average molecular weight is 588 g/mol. The summed E-state index contributed by atoms with van der Waals surface area (Å²) in [5.41, 5.74) is 8.05. The highest BCUT2D eigenvalue weighted by Gasteiger charge is 2.24. The summed E-state index contributed by atoms with van der Waals surface area (Å²) in [4.78, 5) is 7.83. The summed E-state index contributed by atoms with van der Waals surface area (Å²) in [5.74, 6) is 4.19. The van der Waals surface area contributed by atoms with Crippen molar-refractivity contribution < 1.29 is 18.9 Å². The lowest BCUT2D eigenvalue weighted by atomic mass is 10.1. The van der Waals surface area contributed by atoms with Gasteiger partial charge in [-0.15, -0.1) is 0 Å². The summed E-state index contributed by atoms with van der Waals surface area (Å²) in [6, 6.07) is 31.7. The predicted molar refractivity (Wildman–Crippen MR) is 171 cm³/mol. The average Bonchev–Trinajstić information content (AvgIpc) is 3.79. The Bertz CT molecular complexity index is 1690. The molecule has 1 aromatic heterocycles. The quantitative estimate of drug-likeness (QED) is 0.156. The van der Waals surface area contributed by atoms with E-state index in [0.29, 0.717) is 6.54 Å². The summed E-state index contributed by atoms with van der Waals surface area (Å²) >= 11 is 0. The molecular formula is C37H37N3O4. The van der Waals surface area contributed by atoms with Gasteiger partial charge < -0.3 is 23.5 Å². The fraction of sp³-hybridized carbons (Fsp3) is 0.270. The van der Waals surface area contributed by atoms with E-state index < -0.39 is 0 Å². The molecule has 7 nitrogen and oxygen atoms in total. The zero-order chi connectivity index (χ0) is 29.9. The summed E-state index contributed by atoms with van der Waals surface area (Å²) in [5, 5.41) is 0. The van der Waals surface area contributed by atoms with Crippen LogP contribution in [-0.4, -0.2) is 28.0 Å². The minimum atomic E-state index is 0.262. The summed E-state index contributed by atoms with van der Waals surface area (Å²) in [7, 11) is 0. The van der Waals surface area contributed by atoms with Crippen molar-refractivity contribution in [2.45, 2.75) is 52.9 Å². The highest BCUT2D eigenvalue weighted by atomic mass is 16.7. The largest absolute Gasteiger partial charge is 0.454 e. The number of aromatic nitrogens is 2. The SMILES string of the molecule is CCCCn1c(-c2ccccc2)nc(-c2ccc(C)cc2)c1CN(Cc1ccc2c(c1)OCO2)Cc1ccc2c(c1)OCO2. The molecule has 0 saturated heterocycles. The Morgan fingerprint density at radius 3 is 1.91 bits per heavy atom. The maximum atomic E-state index is 5.72. The van der Waals surface area contributed by atoms with Crippen molar-refractivity contribution in [2.24, 2.45) is 0 Å². The number of hydrogen-bond acceptors (Lipinski definition) is 6. The molecule has 0 fully saturated rings. The standard InChI is InChI=1S/C37H37N3O4/c1-3-4-18-40-31(36(29-14-10-26(2)11-15-29)38-37(40)30-8-6-5-7-9-30)23-39(21-27-12-16-32-34(19-27)43-24-41-32)22-28-13-17-33-35(20-28)44-25-42-33/h5-17,19-20H,3-4,18,21-25H2,1-2H3. The van der Waals surface area contributed by atoms with E-state index in [9.17, 15) is 0 Å². The van der Waals surface area contributed by atoms with Crippen LogP contribution in [0.2, 0.25) is 0 Å². The van der Waals surface area contributed by atoms with Crippen LogP contribution in [0.4, 0.5) is 0 Å². The third kappa shape index (κ3) is 5.88. The number of aryl methyl sites for hydroxylation is 1. The van der Waals surface area contributed by atoms with Crippen molar-refractivity contribution in [1.82, 2.24) is 14.5 Å². The molecule has 0 N–H and O–H groups in total. The second-order valence-corrected chi connectivity index (χ2v) is 11.5. The van der Waals surface area contributed by atoms with Crippen molar-refractivity contribution in [3.05, 3.63) is 113 Å². The molecule has 0 radical (unpaired) electrons. The maximum absolute atomic E-state index is 5.72. The molecule has 0 spiro atoms. The molecule has 2 aliphatic rings. The van der Waals surface area contributed by atoms with E-state index in [2.05, 4.69) is 102 Å². The lowest BCUT2D eigenvalue weighted by Crippen LogP contribution is -2.24. The number of rotatable bonds is 11. The number of hydrogen-bond donors (Lipinski definition) is 0. The zero-order valence-corrected chi connectivity index (χ0v) is 25.3. The molecule has 0 aliphatic carbocycles. The van der Waals surface area contributed by atoms with E-state index in [1.54, 1.807) is 0 Å². The minimum Gasteiger partial charge on any atom is -0.454 e. The van der Waals surface area contributed by atoms with Crippen LogP contribution in [0.15, 0.2) is 91.0 Å². The van der Waals surface area contributed by atoms with Gasteiger partial charge in [-0.3, -0.25) is 4.90 Å². The highest BCUT2D eigenvalue weighted by molar-refractivity contribution is 5.68. The van der Waals surface area contributed by atoms with E-state index in [0.717, 1.165) is 89.2 Å². The van der Waals surface area contributed by atoms with E-state index in [1.807, 2.05) is 12.1 Å². The topological polar surface area (TPSA) is 58.0 Å². The van der Waals surface area contributed by atoms with E-state index in [4.69, 9.17) is 23.9 Å². The lowest BCUT2D eigenvalue weighted by Gasteiger charge is -2.25. The summed E-state index contributed by atoms with van der Waals surface area (Å²) in [6.45, 7) is 7.93. The van der Waals surface area contributed by atoms with Crippen molar-refractivity contribution >= 4 is 0 Å². The fourth-order valence-electron chi connectivity index (χ4n) is 5.93. The first-order chi connectivity index (χ1) is 21.6. The van der Waals surface area contributed by atoms with Crippen LogP contribution >= 0.6 is 0 Å². The number of nitrogens with zero attached hydrogens (tertiary/aromatic N) is 3. The van der Waals surface area contributed by atoms with E-state index >= 15 is 0 Å². The molecule has 0 unspecified atom stereocenters. The number of unbranched alkanes of at least 4 members (excludes halogenated alkanes) is 1. The first-order valence-electron chi connectivity index (χ1n) is 15.4. The van der Waals surface area contributed by atoms with Crippen molar-refractivity contribution in [3.8, 4) is 45.6 Å². The molecule has 3 heterocycles. The molecule has 5 aromatic rings. The molecule has 44 heavy (non-hydrogen) atoms. The molecular weight excluding hydrogens is 550 g/mol. The normalized spacial score (nSPS) is 13.2. The van der Waals surface area contributed by atoms with Gasteiger partial charge in [0.25, 0.3) is 0 Å². The minimum absolute atomic E-state index is 0.262. The second kappa shape index (κ2) is 12.5. The third-order valence-corrected chi connectivity index (χ3v) is 8.22. The fourth-order valence-corrected chi connectivity index (χ4v) is 5.93. The molecule has 0 amide bonds. The number of benzene rings is 4. The van der Waals surface area contributed by atoms with E-state index in [1.165, 1.54) is 11.3 Å². The van der Waals surface area contributed by atoms with Crippen LogP contribution in [0, 0.1) is 6.92 Å². The van der Waals surface area contributed by atoms with Crippen molar-refractivity contribution in [1.29, 1.82) is 0 Å². The lowest BCUT2D eigenvalue weighted by molar-refractivity contribution is 0.173. The van der Waals surface area contributed by atoms with E-state index in [-0.39, 0.29) is 13.6 Å². The monoisotopic (exact) mass is 587 g/mol. The molecule has 2 aliphatic heterocycles. The Hall–Kier alpha value is -4.75. The first kappa shape index (κ1) is 28.0. The van der Waals surface area contributed by atoms with Gasteiger partial charge >= 0.3 is 0 Å². The Morgan fingerprint density at radius 2 is 1.30 bits per heavy atom. The summed E-state index contributed by atoms with van der Waals surface area (Å²) < 4.78 is 25.1. The van der Waals surface area contributed by atoms with Crippen LogP contribution in [0.1, 0.15) is 42.1 Å². The molecule has 7 heteroatoms. The van der Waals surface area contributed by atoms with Gasteiger partial charge in [0.05, 0.1) is 11.4 Å². The molecule has 0 bridgehead atoms. The molecule has 4 aromatic carbocycles. The Balaban J connectivity index is 1.32. The predicted octanol–water partition coefficient (Wildman–Crippen LogP) is 7.99. The number of ether oxygens (including phenoxy) is 4. The van der Waals surface area contributed by atoms with Crippen LogP contribution < -0.4 is 18.9 Å². The zero-order valence-electron chi connectivity index (χ0n) is 25.3. The van der Waals surface area contributed by atoms with Crippen molar-refractivity contribution in [3.63, 3.8) is 0 Å². The third-order valence-electron chi connectivity index (χ3n) is 8.22. The Labute approximate surface area is 258 Å². The molecule has 0 atom stereocenters. The van der Waals surface area contributed by atoms with Gasteiger partial charge in [-0.05, 0) is 48.7 Å². The maximum Gasteiger partial charge on any atom is 0.231 e. The van der Waals surface area contributed by atoms with Crippen LogP contribution in [0.5, 0.6) is 23.0 Å². The molecule has 7 rings (SSSR count). The van der Waals surface area contributed by atoms with Gasteiger partial charge in [0.1, 0.15) is 5.82 Å². The Morgan fingerprint density at radius 1 is 0.682 bits per heavy atom. The van der Waals surface area contributed by atoms with Gasteiger partial charge in [-0.25, -0.2) is 4.98 Å². The van der Waals surface area contributed by atoms with Gasteiger partial charge in [-0.2, -0.15) is 0 Å². The number of fused-ring (bicyclic) bond motifs is 2. The van der Waals surface area contributed by atoms with Crippen LogP contribution in [0.3, 0.4) is 0 Å². The highest BCUT2D eigenvalue weighted by Crippen LogP contribution is 2.36. The smallest absolute Gasteiger partial charge is 0.231 e. The molecule has 224 valence electrons. The molecule has 0 saturated carbocycles. The Kier molecular flexibility index (Phi) is 7.95. The second-order valence-electron chi connectivity index (χ2n) is 11.5. The van der Waals surface area contributed by atoms with Crippen molar-refractivity contribution in [2.75, 3.05) is 13.6 Å². The van der Waals surface area contributed by atoms with Gasteiger partial charge in [0.15, 0.2) is 23.0 Å².